The van der Waals surface area contributed by atoms with Gasteiger partial charge in [-0.3, -0.25) is 0 Å². The van der Waals surface area contributed by atoms with Crippen LogP contribution >= 0.6 is 0 Å². The minimum Gasteiger partial charge on any atom is -0.328 e. The van der Waals surface area contributed by atoms with Crippen molar-refractivity contribution >= 4 is 0 Å². The molecule has 1 rings (SSSR count). The van der Waals surface area contributed by atoms with Gasteiger partial charge in [0.05, 0.1) is 0 Å². The highest BCUT2D eigenvalue weighted by Gasteiger charge is 2.19. The normalized spacial score (nSPS) is 20.2. The number of rotatable bonds is 6. The molecule has 1 atom stereocenters. The molecule has 0 amide bonds. The van der Waals surface area contributed by atoms with Crippen LogP contribution in [0.25, 0.3) is 0 Å². The van der Waals surface area contributed by atoms with Crippen molar-refractivity contribution in [3.8, 4) is 0 Å². The predicted molar refractivity (Wildman–Crippen MR) is 49.5 cm³/mol. The van der Waals surface area contributed by atoms with Crippen LogP contribution in [0.15, 0.2) is 0 Å². The van der Waals surface area contributed by atoms with E-state index in [9.17, 15) is 0 Å². The molecule has 2 N–H and O–H groups in total. The molecule has 0 bridgehead atoms. The van der Waals surface area contributed by atoms with Crippen LogP contribution in [0.4, 0.5) is 0 Å². The van der Waals surface area contributed by atoms with Gasteiger partial charge in [-0.25, -0.2) is 0 Å². The van der Waals surface area contributed by atoms with Gasteiger partial charge in [0, 0.05) is 6.04 Å². The number of unbranched alkanes of at least 4 members (excludes halogenated alkanes) is 1. The van der Waals surface area contributed by atoms with Gasteiger partial charge in [0.15, 0.2) is 0 Å². The van der Waals surface area contributed by atoms with Crippen LogP contribution in [0.1, 0.15) is 51.9 Å². The fraction of sp³-hybridized carbons (Fsp3) is 1.00. The second-order valence-electron chi connectivity index (χ2n) is 3.90. The van der Waals surface area contributed by atoms with E-state index in [0.29, 0.717) is 6.04 Å². The number of hydrogen-bond acceptors (Lipinski definition) is 1. The first-order chi connectivity index (χ1) is 5.33. The number of nitrogens with two attached hydrogens (primary N) is 1. The van der Waals surface area contributed by atoms with E-state index >= 15 is 0 Å². The van der Waals surface area contributed by atoms with E-state index in [0.717, 1.165) is 12.3 Å². The van der Waals surface area contributed by atoms with E-state index in [1.807, 2.05) is 0 Å². The fourth-order valence-electron chi connectivity index (χ4n) is 1.45. The Bertz CT molecular complexity index is 97.0. The van der Waals surface area contributed by atoms with Crippen LogP contribution in [0.2, 0.25) is 0 Å². The molecule has 66 valence electrons. The first kappa shape index (κ1) is 9.05. The molecule has 0 aromatic carbocycles. The van der Waals surface area contributed by atoms with Gasteiger partial charge in [-0.05, 0) is 18.8 Å². The van der Waals surface area contributed by atoms with Crippen molar-refractivity contribution in [2.75, 3.05) is 0 Å². The molecule has 0 aromatic rings. The first-order valence-electron chi connectivity index (χ1n) is 5.08. The molecule has 0 saturated heterocycles. The monoisotopic (exact) mass is 155 g/mol. The van der Waals surface area contributed by atoms with E-state index in [1.165, 1.54) is 38.5 Å². The Morgan fingerprint density at radius 2 is 2.09 bits per heavy atom. The van der Waals surface area contributed by atoms with Crippen LogP contribution < -0.4 is 5.73 Å². The lowest BCUT2D eigenvalue weighted by atomic mass is 10.1. The Morgan fingerprint density at radius 1 is 1.36 bits per heavy atom. The van der Waals surface area contributed by atoms with Crippen LogP contribution in [0.3, 0.4) is 0 Å². The second-order valence-corrected chi connectivity index (χ2v) is 3.90. The Balaban J connectivity index is 1.79. The zero-order valence-corrected chi connectivity index (χ0v) is 7.68. The summed E-state index contributed by atoms with van der Waals surface area (Å²) < 4.78 is 0. The molecular formula is C10H21N. The molecule has 1 saturated carbocycles. The van der Waals surface area contributed by atoms with Gasteiger partial charge in [-0.1, -0.05) is 39.0 Å². The summed E-state index contributed by atoms with van der Waals surface area (Å²) in [7, 11) is 0. The summed E-state index contributed by atoms with van der Waals surface area (Å²) in [6.07, 6.45) is 9.62. The molecule has 1 unspecified atom stereocenters. The topological polar surface area (TPSA) is 26.0 Å². The molecule has 0 spiro atoms. The molecule has 1 fully saturated rings. The Hall–Kier alpha value is -0.0400. The molecule has 0 heterocycles. The van der Waals surface area contributed by atoms with Crippen LogP contribution in [0.5, 0.6) is 0 Å². The summed E-state index contributed by atoms with van der Waals surface area (Å²) in [6, 6.07) is 0.467. The van der Waals surface area contributed by atoms with E-state index < -0.39 is 0 Å². The lowest BCUT2D eigenvalue weighted by molar-refractivity contribution is 0.527. The van der Waals surface area contributed by atoms with Crippen molar-refractivity contribution in [2.45, 2.75) is 57.9 Å². The summed E-state index contributed by atoms with van der Waals surface area (Å²) >= 11 is 0. The van der Waals surface area contributed by atoms with Crippen LogP contribution in [-0.2, 0) is 0 Å². The molecule has 11 heavy (non-hydrogen) atoms. The smallest absolute Gasteiger partial charge is 0.00362 e. The van der Waals surface area contributed by atoms with Gasteiger partial charge >= 0.3 is 0 Å². The largest absolute Gasteiger partial charge is 0.328 e. The van der Waals surface area contributed by atoms with Gasteiger partial charge in [0.25, 0.3) is 0 Å². The summed E-state index contributed by atoms with van der Waals surface area (Å²) in [5.41, 5.74) is 5.81. The highest BCUT2D eigenvalue weighted by molar-refractivity contribution is 4.72. The predicted octanol–water partition coefficient (Wildman–Crippen LogP) is 2.69. The van der Waals surface area contributed by atoms with Crippen molar-refractivity contribution in [3.05, 3.63) is 0 Å². The Labute approximate surface area is 70.4 Å². The minimum absolute atomic E-state index is 0.467. The maximum absolute atomic E-state index is 5.81. The lowest BCUT2D eigenvalue weighted by Gasteiger charge is -2.06. The fourth-order valence-corrected chi connectivity index (χ4v) is 1.45. The maximum atomic E-state index is 5.81. The highest BCUT2D eigenvalue weighted by atomic mass is 14.6. The van der Waals surface area contributed by atoms with E-state index in [4.69, 9.17) is 5.73 Å². The third kappa shape index (κ3) is 4.41. The first-order valence-corrected chi connectivity index (χ1v) is 5.08. The van der Waals surface area contributed by atoms with E-state index in [-0.39, 0.29) is 0 Å². The van der Waals surface area contributed by atoms with E-state index in [2.05, 4.69) is 6.92 Å². The third-order valence-corrected chi connectivity index (χ3v) is 2.66. The number of hydrogen-bond donors (Lipinski definition) is 1. The van der Waals surface area contributed by atoms with Crippen LogP contribution in [0, 0.1) is 5.92 Å². The van der Waals surface area contributed by atoms with Gasteiger partial charge in [-0.2, -0.15) is 0 Å². The molecule has 1 aliphatic rings. The standard InChI is InChI=1S/C10H21N/c1-2-10(11)6-4-3-5-9-7-8-9/h9-10H,2-8,11H2,1H3. The SMILES string of the molecule is CCC(N)CCCCC1CC1. The molecule has 1 heteroatoms. The minimum atomic E-state index is 0.467. The average molecular weight is 155 g/mol. The van der Waals surface area contributed by atoms with E-state index in [1.54, 1.807) is 0 Å². The molecule has 0 aliphatic heterocycles. The zero-order chi connectivity index (χ0) is 8.10. The molecular weight excluding hydrogens is 134 g/mol. The third-order valence-electron chi connectivity index (χ3n) is 2.66. The van der Waals surface area contributed by atoms with Crippen molar-refractivity contribution in [1.82, 2.24) is 0 Å². The quantitative estimate of drug-likeness (QED) is 0.586. The summed E-state index contributed by atoms with van der Waals surface area (Å²) in [5, 5.41) is 0. The molecule has 0 aromatic heterocycles. The van der Waals surface area contributed by atoms with Crippen molar-refractivity contribution in [1.29, 1.82) is 0 Å². The zero-order valence-electron chi connectivity index (χ0n) is 7.68. The van der Waals surface area contributed by atoms with Gasteiger partial charge in [0.2, 0.25) is 0 Å². The van der Waals surface area contributed by atoms with Crippen molar-refractivity contribution in [2.24, 2.45) is 11.7 Å². The second kappa shape index (κ2) is 4.76. The molecule has 1 nitrogen and oxygen atoms in total. The molecule has 1 aliphatic carbocycles. The van der Waals surface area contributed by atoms with Gasteiger partial charge < -0.3 is 5.73 Å². The highest BCUT2D eigenvalue weighted by Crippen LogP contribution is 2.34. The lowest BCUT2D eigenvalue weighted by Crippen LogP contribution is -2.17. The van der Waals surface area contributed by atoms with Crippen molar-refractivity contribution in [3.63, 3.8) is 0 Å². The van der Waals surface area contributed by atoms with Crippen molar-refractivity contribution < 1.29 is 0 Å². The summed E-state index contributed by atoms with van der Waals surface area (Å²) in [5.74, 6) is 1.10. The average Bonchev–Trinajstić information content (AvgIpc) is 2.81. The van der Waals surface area contributed by atoms with Gasteiger partial charge in [-0.15, -0.1) is 0 Å². The van der Waals surface area contributed by atoms with Crippen LogP contribution in [-0.4, -0.2) is 6.04 Å². The summed E-state index contributed by atoms with van der Waals surface area (Å²) in [4.78, 5) is 0. The van der Waals surface area contributed by atoms with Gasteiger partial charge in [0.1, 0.15) is 0 Å². The Morgan fingerprint density at radius 3 is 2.64 bits per heavy atom. The molecule has 0 radical (unpaired) electrons. The maximum Gasteiger partial charge on any atom is 0.00362 e. The Kier molecular flexibility index (Phi) is 3.92. The summed E-state index contributed by atoms with van der Waals surface area (Å²) in [6.45, 7) is 2.17.